The topological polar surface area (TPSA) is 66.5 Å². The van der Waals surface area contributed by atoms with Gasteiger partial charge in [0.05, 0.1) is 11.9 Å². The molecule has 8 heteroatoms. The van der Waals surface area contributed by atoms with Crippen LogP contribution in [0.25, 0.3) is 0 Å². The van der Waals surface area contributed by atoms with Crippen molar-refractivity contribution in [2.24, 2.45) is 0 Å². The Morgan fingerprint density at radius 1 is 1.21 bits per heavy atom. The van der Waals surface area contributed by atoms with Crippen LogP contribution in [0.3, 0.4) is 0 Å². The summed E-state index contributed by atoms with van der Waals surface area (Å²) in [5.74, 6) is -0.691. The Balaban J connectivity index is 2.01. The summed E-state index contributed by atoms with van der Waals surface area (Å²) in [4.78, 5) is 12.5. The minimum atomic E-state index is -3.69. The molecule has 0 aliphatic rings. The van der Waals surface area contributed by atoms with Gasteiger partial charge in [-0.1, -0.05) is 29.8 Å². The number of nitrogens with one attached hydrogen (secondary N) is 1. The fraction of sp³-hybridized carbons (Fsp3) is 0.350. The monoisotopic (exact) mass is 426 g/mol. The maximum atomic E-state index is 12.9. The van der Waals surface area contributed by atoms with Crippen LogP contribution in [0.5, 0.6) is 0 Å². The van der Waals surface area contributed by atoms with Crippen LogP contribution >= 0.6 is 11.6 Å². The number of sulfonamides is 1. The molecule has 28 heavy (non-hydrogen) atoms. The van der Waals surface area contributed by atoms with Gasteiger partial charge in [0.2, 0.25) is 15.9 Å². The second-order valence-electron chi connectivity index (χ2n) is 6.69. The number of carbonyl (C=O) groups is 1. The number of hydrogen-bond acceptors (Lipinski definition) is 3. The standard InChI is InChI=1S/C20H24ClFN2O3S/c1-14-6-11-18(13-19(14)21)24(28(3,26)27)15(2)20(25)23-12-4-5-16-7-9-17(22)10-8-16/h6-11,13,15H,4-5,12H2,1-3H3,(H,23,25)/t15-/m0/s1. The van der Waals surface area contributed by atoms with E-state index in [4.69, 9.17) is 11.6 Å². The van der Waals surface area contributed by atoms with E-state index in [2.05, 4.69) is 5.32 Å². The second kappa shape index (κ2) is 9.39. The lowest BCUT2D eigenvalue weighted by atomic mass is 10.1. The number of aryl methyl sites for hydroxylation is 2. The molecule has 0 saturated carbocycles. The number of anilines is 1. The Bertz CT molecular complexity index is 933. The average Bonchev–Trinajstić information content (AvgIpc) is 2.62. The minimum Gasteiger partial charge on any atom is -0.354 e. The van der Waals surface area contributed by atoms with Gasteiger partial charge in [-0.2, -0.15) is 0 Å². The molecule has 0 aliphatic carbocycles. The predicted octanol–water partition coefficient (Wildman–Crippen LogP) is 3.69. The van der Waals surface area contributed by atoms with Gasteiger partial charge < -0.3 is 5.32 Å². The molecule has 0 saturated heterocycles. The van der Waals surface area contributed by atoms with Crippen LogP contribution in [0.2, 0.25) is 5.02 Å². The van der Waals surface area contributed by atoms with Gasteiger partial charge in [0.1, 0.15) is 11.9 Å². The third-order valence-electron chi connectivity index (χ3n) is 4.35. The van der Waals surface area contributed by atoms with Gasteiger partial charge in [-0.3, -0.25) is 9.10 Å². The molecule has 1 atom stereocenters. The van der Waals surface area contributed by atoms with Crippen LogP contribution in [-0.2, 0) is 21.2 Å². The molecule has 0 bridgehead atoms. The summed E-state index contributed by atoms with van der Waals surface area (Å²) >= 11 is 6.12. The van der Waals surface area contributed by atoms with Gasteiger partial charge in [0.15, 0.2) is 0 Å². The molecule has 0 fully saturated rings. The average molecular weight is 427 g/mol. The molecule has 1 N–H and O–H groups in total. The van der Waals surface area contributed by atoms with Crippen molar-refractivity contribution >= 4 is 33.2 Å². The van der Waals surface area contributed by atoms with E-state index in [9.17, 15) is 17.6 Å². The molecule has 2 rings (SSSR count). The van der Waals surface area contributed by atoms with Crippen molar-refractivity contribution < 1.29 is 17.6 Å². The Hall–Kier alpha value is -2.12. The van der Waals surface area contributed by atoms with E-state index in [-0.39, 0.29) is 5.82 Å². The van der Waals surface area contributed by atoms with E-state index in [1.54, 1.807) is 24.3 Å². The number of hydrogen-bond donors (Lipinski definition) is 1. The molecule has 0 spiro atoms. The lowest BCUT2D eigenvalue weighted by Crippen LogP contribution is -2.48. The van der Waals surface area contributed by atoms with Crippen LogP contribution in [0.1, 0.15) is 24.5 Å². The van der Waals surface area contributed by atoms with Gasteiger partial charge >= 0.3 is 0 Å². The molecular formula is C20H24ClFN2O3S. The summed E-state index contributed by atoms with van der Waals surface area (Å²) < 4.78 is 38.6. The number of benzene rings is 2. The van der Waals surface area contributed by atoms with E-state index in [0.29, 0.717) is 30.1 Å². The fourth-order valence-corrected chi connectivity index (χ4v) is 4.17. The molecule has 2 aromatic carbocycles. The van der Waals surface area contributed by atoms with E-state index in [1.807, 2.05) is 6.92 Å². The number of nitrogens with zero attached hydrogens (tertiary/aromatic N) is 1. The number of rotatable bonds is 8. The molecule has 0 radical (unpaired) electrons. The number of amides is 1. The molecule has 0 aliphatic heterocycles. The van der Waals surface area contributed by atoms with Crippen molar-refractivity contribution in [1.82, 2.24) is 5.32 Å². The molecule has 0 aromatic heterocycles. The van der Waals surface area contributed by atoms with Crippen LogP contribution in [0, 0.1) is 12.7 Å². The summed E-state index contributed by atoms with van der Waals surface area (Å²) in [5.41, 5.74) is 2.12. The first kappa shape index (κ1) is 22.2. The minimum absolute atomic E-state index is 0.289. The van der Waals surface area contributed by atoms with Gasteiger partial charge in [-0.15, -0.1) is 0 Å². The molecule has 152 valence electrons. The summed E-state index contributed by atoms with van der Waals surface area (Å²) in [7, 11) is -3.69. The zero-order valence-corrected chi connectivity index (χ0v) is 17.6. The molecule has 1 amide bonds. The van der Waals surface area contributed by atoms with Gasteiger partial charge in [-0.25, -0.2) is 12.8 Å². The lowest BCUT2D eigenvalue weighted by Gasteiger charge is -2.28. The quantitative estimate of drug-likeness (QED) is 0.654. The van der Waals surface area contributed by atoms with Crippen molar-refractivity contribution in [3.63, 3.8) is 0 Å². The zero-order chi connectivity index (χ0) is 20.9. The van der Waals surface area contributed by atoms with Crippen LogP contribution in [0.4, 0.5) is 10.1 Å². The number of halogens is 2. The fourth-order valence-electron chi connectivity index (χ4n) is 2.83. The van der Waals surface area contributed by atoms with Crippen LogP contribution < -0.4 is 9.62 Å². The lowest BCUT2D eigenvalue weighted by molar-refractivity contribution is -0.121. The van der Waals surface area contributed by atoms with Crippen molar-refractivity contribution in [3.8, 4) is 0 Å². The second-order valence-corrected chi connectivity index (χ2v) is 8.96. The summed E-state index contributed by atoms with van der Waals surface area (Å²) in [5, 5.41) is 3.19. The molecule has 2 aromatic rings. The highest BCUT2D eigenvalue weighted by Crippen LogP contribution is 2.26. The summed E-state index contributed by atoms with van der Waals surface area (Å²) in [6, 6.07) is 10.1. The Morgan fingerprint density at radius 3 is 2.43 bits per heavy atom. The SMILES string of the molecule is Cc1ccc(N([C@@H](C)C(=O)NCCCc2ccc(F)cc2)S(C)(=O)=O)cc1Cl. The molecular weight excluding hydrogens is 403 g/mol. The smallest absolute Gasteiger partial charge is 0.243 e. The van der Waals surface area contributed by atoms with Gasteiger partial charge in [-0.05, 0) is 62.1 Å². The number of carbonyl (C=O) groups excluding carboxylic acids is 1. The van der Waals surface area contributed by atoms with Crippen LogP contribution in [-0.4, -0.2) is 33.2 Å². The maximum absolute atomic E-state index is 12.9. The predicted molar refractivity (Wildman–Crippen MR) is 111 cm³/mol. The van der Waals surface area contributed by atoms with Crippen molar-refractivity contribution in [2.45, 2.75) is 32.7 Å². The highest BCUT2D eigenvalue weighted by Gasteiger charge is 2.29. The molecule has 0 heterocycles. The third kappa shape index (κ3) is 5.94. The molecule has 0 unspecified atom stereocenters. The summed E-state index contributed by atoms with van der Waals surface area (Å²) in [6.07, 6.45) is 2.39. The summed E-state index contributed by atoms with van der Waals surface area (Å²) in [6.45, 7) is 3.73. The normalized spacial score (nSPS) is 12.5. The zero-order valence-electron chi connectivity index (χ0n) is 16.1. The highest BCUT2D eigenvalue weighted by atomic mass is 35.5. The van der Waals surface area contributed by atoms with E-state index in [0.717, 1.165) is 21.7 Å². The highest BCUT2D eigenvalue weighted by molar-refractivity contribution is 7.92. The first-order valence-corrected chi connectivity index (χ1v) is 11.1. The van der Waals surface area contributed by atoms with E-state index >= 15 is 0 Å². The largest absolute Gasteiger partial charge is 0.354 e. The van der Waals surface area contributed by atoms with E-state index in [1.165, 1.54) is 25.1 Å². The van der Waals surface area contributed by atoms with Gasteiger partial charge in [0, 0.05) is 11.6 Å². The Morgan fingerprint density at radius 2 is 1.86 bits per heavy atom. The Kier molecular flexibility index (Phi) is 7.43. The van der Waals surface area contributed by atoms with E-state index < -0.39 is 22.0 Å². The van der Waals surface area contributed by atoms with Crippen molar-refractivity contribution in [1.29, 1.82) is 0 Å². The van der Waals surface area contributed by atoms with Gasteiger partial charge in [0.25, 0.3) is 0 Å². The first-order valence-electron chi connectivity index (χ1n) is 8.87. The molecule has 5 nitrogen and oxygen atoms in total. The van der Waals surface area contributed by atoms with Crippen molar-refractivity contribution in [3.05, 3.63) is 64.4 Å². The maximum Gasteiger partial charge on any atom is 0.243 e. The van der Waals surface area contributed by atoms with Crippen molar-refractivity contribution in [2.75, 3.05) is 17.1 Å². The first-order chi connectivity index (χ1) is 13.1. The Labute approximate surface area is 170 Å². The van der Waals surface area contributed by atoms with Crippen LogP contribution in [0.15, 0.2) is 42.5 Å². The third-order valence-corrected chi connectivity index (χ3v) is 6.00.